The molecule has 184 valence electrons. The molecule has 2 N–H and O–H groups in total. The molecule has 3 aromatic rings. The normalized spacial score (nSPS) is 19.8. The Hall–Kier alpha value is -3.45. The minimum atomic E-state index is -1.18. The van der Waals surface area contributed by atoms with Crippen LogP contribution in [0.4, 0.5) is 26.3 Å². The number of rotatable bonds is 8. The van der Waals surface area contributed by atoms with Gasteiger partial charge < -0.3 is 19.9 Å². The summed E-state index contributed by atoms with van der Waals surface area (Å²) in [6, 6.07) is 7.56. The molecule has 4 heterocycles. The summed E-state index contributed by atoms with van der Waals surface area (Å²) in [7, 11) is 1.48. The smallest absolute Gasteiger partial charge is 0.259 e. The number of carbonyl (C=O) groups excluding carboxylic acids is 1. The van der Waals surface area contributed by atoms with Crippen LogP contribution in [0.3, 0.4) is 0 Å². The van der Waals surface area contributed by atoms with Gasteiger partial charge in [0, 0.05) is 31.9 Å². The second-order valence-electron chi connectivity index (χ2n) is 8.90. The zero-order chi connectivity index (χ0) is 24.4. The Morgan fingerprint density at radius 3 is 2.80 bits per heavy atom. The van der Waals surface area contributed by atoms with Gasteiger partial charge >= 0.3 is 0 Å². The summed E-state index contributed by atoms with van der Waals surface area (Å²) in [4.78, 5) is 21.2. The zero-order valence-electron chi connectivity index (χ0n) is 19.4. The summed E-state index contributed by atoms with van der Waals surface area (Å²) in [5.41, 5.74) is 0.361. The van der Waals surface area contributed by atoms with Gasteiger partial charge in [0.25, 0.3) is 5.91 Å². The van der Waals surface area contributed by atoms with Crippen molar-refractivity contribution in [3.63, 3.8) is 0 Å². The summed E-state index contributed by atoms with van der Waals surface area (Å²) in [6.07, 6.45) is 3.22. The number of nitrogens with zero attached hydrogens (tertiary/aromatic N) is 7. The van der Waals surface area contributed by atoms with Crippen LogP contribution in [0.15, 0.2) is 36.7 Å². The lowest BCUT2D eigenvalue weighted by molar-refractivity contribution is -0.126. The van der Waals surface area contributed by atoms with Crippen LogP contribution >= 0.6 is 11.3 Å². The van der Waals surface area contributed by atoms with Gasteiger partial charge in [0.2, 0.25) is 16.2 Å². The maximum atomic E-state index is 13.9. The van der Waals surface area contributed by atoms with E-state index in [1.54, 1.807) is 19.3 Å². The molecular weight excluding hydrogens is 473 g/mol. The van der Waals surface area contributed by atoms with Gasteiger partial charge in [-0.15, -0.1) is 15.3 Å². The monoisotopic (exact) mass is 499 g/mol. The summed E-state index contributed by atoms with van der Waals surface area (Å²) < 4.78 is 19.4. The molecule has 2 fully saturated rings. The summed E-state index contributed by atoms with van der Waals surface area (Å²) >= 11 is 1.26. The third-order valence-electron chi connectivity index (χ3n) is 5.98. The first-order chi connectivity index (χ1) is 16.9. The standard InChI is InChI=1S/C22H26FN9O2S/c1-22(23)12-32(13-22)16-5-3-4-14(10-16)17(34-2)18(33)27-21-30-29-20(35-21)26-15-6-9-31(11-15)19-24-7-8-25-28-19/h3-5,7-8,10,15,17H,6,9,11-13H2,1-2H3,(H,26,29)(H,27,30,33)/t15-,17-/m1/s1. The fourth-order valence-electron chi connectivity index (χ4n) is 4.33. The average Bonchev–Trinajstić information content (AvgIpc) is 3.48. The number of benzene rings is 1. The second-order valence-corrected chi connectivity index (χ2v) is 9.88. The number of aromatic nitrogens is 5. The van der Waals surface area contributed by atoms with Crippen LogP contribution in [-0.2, 0) is 9.53 Å². The Labute approximate surface area is 205 Å². The SMILES string of the molecule is CO[C@@H](C(=O)Nc1nnc(N[C@@H]2CCN(c3nccnn3)C2)s1)c1cccc(N2CC(C)(F)C2)c1. The minimum absolute atomic E-state index is 0.150. The van der Waals surface area contributed by atoms with E-state index in [4.69, 9.17) is 4.74 Å². The number of methoxy groups -OCH3 is 1. The molecule has 0 saturated carbocycles. The second kappa shape index (κ2) is 9.66. The summed E-state index contributed by atoms with van der Waals surface area (Å²) in [6.45, 7) is 3.77. The van der Waals surface area contributed by atoms with E-state index in [0.717, 1.165) is 18.7 Å². The number of halogens is 1. The molecule has 35 heavy (non-hydrogen) atoms. The third kappa shape index (κ3) is 5.30. The molecule has 0 aliphatic carbocycles. The fourth-order valence-corrected chi connectivity index (χ4v) is 5.06. The molecule has 1 amide bonds. The predicted octanol–water partition coefficient (Wildman–Crippen LogP) is 2.29. The first-order valence-corrected chi connectivity index (χ1v) is 12.1. The lowest BCUT2D eigenvalue weighted by Gasteiger charge is -2.44. The van der Waals surface area contributed by atoms with Crippen molar-refractivity contribution in [3.8, 4) is 0 Å². The highest BCUT2D eigenvalue weighted by atomic mass is 32.1. The van der Waals surface area contributed by atoms with Crippen LogP contribution in [0.5, 0.6) is 0 Å². The van der Waals surface area contributed by atoms with Gasteiger partial charge in [0.05, 0.1) is 25.5 Å². The number of anilines is 4. The van der Waals surface area contributed by atoms with E-state index in [0.29, 0.717) is 41.4 Å². The van der Waals surface area contributed by atoms with E-state index < -0.39 is 11.8 Å². The quantitative estimate of drug-likeness (QED) is 0.477. The summed E-state index contributed by atoms with van der Waals surface area (Å²) in [5.74, 6) is 0.247. The van der Waals surface area contributed by atoms with E-state index >= 15 is 0 Å². The van der Waals surface area contributed by atoms with E-state index in [2.05, 4.69) is 40.9 Å². The highest BCUT2D eigenvalue weighted by molar-refractivity contribution is 7.19. The van der Waals surface area contributed by atoms with Crippen LogP contribution in [0.25, 0.3) is 0 Å². The lowest BCUT2D eigenvalue weighted by atomic mass is 9.97. The Balaban J connectivity index is 1.18. The number of amides is 1. The van der Waals surface area contributed by atoms with Crippen molar-refractivity contribution in [2.75, 3.05) is 53.7 Å². The van der Waals surface area contributed by atoms with Crippen LogP contribution in [0.1, 0.15) is 25.0 Å². The molecule has 0 bridgehead atoms. The zero-order valence-corrected chi connectivity index (χ0v) is 20.2. The van der Waals surface area contributed by atoms with Crippen LogP contribution in [0, 0.1) is 0 Å². The van der Waals surface area contributed by atoms with Gasteiger partial charge in [-0.05, 0) is 31.0 Å². The van der Waals surface area contributed by atoms with Crippen molar-refractivity contribution >= 4 is 39.1 Å². The number of carbonyl (C=O) groups is 1. The molecule has 2 atom stereocenters. The van der Waals surface area contributed by atoms with Gasteiger partial charge in [-0.2, -0.15) is 5.10 Å². The Bertz CT molecular complexity index is 1170. The Morgan fingerprint density at radius 2 is 2.06 bits per heavy atom. The van der Waals surface area contributed by atoms with E-state index in [1.165, 1.54) is 18.4 Å². The van der Waals surface area contributed by atoms with E-state index in [-0.39, 0.29) is 11.9 Å². The van der Waals surface area contributed by atoms with Crippen LogP contribution in [0.2, 0.25) is 0 Å². The predicted molar refractivity (Wildman–Crippen MR) is 131 cm³/mol. The van der Waals surface area contributed by atoms with Gasteiger partial charge in [0.1, 0.15) is 5.67 Å². The molecule has 5 rings (SSSR count). The first kappa shape index (κ1) is 23.3. The van der Waals surface area contributed by atoms with Crippen LogP contribution in [-0.4, -0.2) is 76.3 Å². The number of nitrogens with one attached hydrogen (secondary N) is 2. The maximum Gasteiger partial charge on any atom is 0.259 e. The van der Waals surface area contributed by atoms with Crippen molar-refractivity contribution in [1.82, 2.24) is 25.4 Å². The topological polar surface area (TPSA) is 121 Å². The molecule has 11 nitrogen and oxygen atoms in total. The molecule has 0 unspecified atom stereocenters. The molecular formula is C22H26FN9O2S. The maximum absolute atomic E-state index is 13.9. The molecule has 2 saturated heterocycles. The molecule has 2 aliphatic heterocycles. The molecule has 2 aromatic heterocycles. The van der Waals surface area contributed by atoms with Crippen molar-refractivity contribution in [3.05, 3.63) is 42.2 Å². The number of alkyl halides is 1. The number of hydrogen-bond acceptors (Lipinski definition) is 11. The number of ether oxygens (including phenoxy) is 1. The van der Waals surface area contributed by atoms with E-state index in [1.807, 2.05) is 29.2 Å². The van der Waals surface area contributed by atoms with Crippen molar-refractivity contribution in [2.24, 2.45) is 0 Å². The van der Waals surface area contributed by atoms with Crippen molar-refractivity contribution < 1.29 is 13.9 Å². The van der Waals surface area contributed by atoms with Crippen molar-refractivity contribution in [2.45, 2.75) is 31.2 Å². The molecule has 0 spiro atoms. The lowest BCUT2D eigenvalue weighted by Crippen LogP contribution is -2.57. The fraction of sp³-hybridized carbons (Fsp3) is 0.455. The van der Waals surface area contributed by atoms with Crippen LogP contribution < -0.4 is 20.4 Å². The minimum Gasteiger partial charge on any atom is -0.367 e. The first-order valence-electron chi connectivity index (χ1n) is 11.3. The van der Waals surface area contributed by atoms with Gasteiger partial charge in [0.15, 0.2) is 6.10 Å². The van der Waals surface area contributed by atoms with E-state index in [9.17, 15) is 9.18 Å². The molecule has 0 radical (unpaired) electrons. The third-order valence-corrected chi connectivity index (χ3v) is 6.75. The summed E-state index contributed by atoms with van der Waals surface area (Å²) in [5, 5.41) is 23.3. The van der Waals surface area contributed by atoms with Gasteiger partial charge in [-0.3, -0.25) is 10.1 Å². The molecule has 1 aromatic carbocycles. The Morgan fingerprint density at radius 1 is 1.23 bits per heavy atom. The van der Waals surface area contributed by atoms with Gasteiger partial charge in [-0.1, -0.05) is 23.5 Å². The molecule has 13 heteroatoms. The Kier molecular flexibility index (Phi) is 6.43. The highest BCUT2D eigenvalue weighted by Crippen LogP contribution is 2.32. The molecule has 2 aliphatic rings. The number of hydrogen-bond donors (Lipinski definition) is 2. The largest absolute Gasteiger partial charge is 0.367 e. The average molecular weight is 500 g/mol. The highest BCUT2D eigenvalue weighted by Gasteiger charge is 2.39. The van der Waals surface area contributed by atoms with Gasteiger partial charge in [-0.25, -0.2) is 9.37 Å². The van der Waals surface area contributed by atoms with Crippen molar-refractivity contribution in [1.29, 1.82) is 0 Å².